The SMILES string of the molecule is CCC(N)c1nnc(-c2ccc(C)o2)s1. The molecule has 1 atom stereocenters. The summed E-state index contributed by atoms with van der Waals surface area (Å²) < 4.78 is 5.46. The molecule has 2 heterocycles. The second kappa shape index (κ2) is 4.12. The van der Waals surface area contributed by atoms with E-state index in [0.29, 0.717) is 0 Å². The Morgan fingerprint density at radius 2 is 2.27 bits per heavy atom. The molecule has 2 aromatic rings. The quantitative estimate of drug-likeness (QED) is 0.868. The molecule has 0 fully saturated rings. The molecule has 1 unspecified atom stereocenters. The van der Waals surface area contributed by atoms with Gasteiger partial charge in [-0.2, -0.15) is 0 Å². The van der Waals surface area contributed by atoms with E-state index in [1.165, 1.54) is 11.3 Å². The van der Waals surface area contributed by atoms with Gasteiger partial charge in [-0.15, -0.1) is 10.2 Å². The third-order valence-corrected chi connectivity index (χ3v) is 3.22. The zero-order valence-corrected chi connectivity index (χ0v) is 9.54. The Hall–Kier alpha value is -1.20. The highest BCUT2D eigenvalue weighted by Crippen LogP contribution is 2.28. The van der Waals surface area contributed by atoms with E-state index < -0.39 is 0 Å². The number of furan rings is 1. The van der Waals surface area contributed by atoms with Crippen molar-refractivity contribution in [1.82, 2.24) is 10.2 Å². The smallest absolute Gasteiger partial charge is 0.183 e. The van der Waals surface area contributed by atoms with Crippen LogP contribution in [0.3, 0.4) is 0 Å². The lowest BCUT2D eigenvalue weighted by molar-refractivity contribution is 0.547. The molecule has 0 aliphatic rings. The summed E-state index contributed by atoms with van der Waals surface area (Å²) in [5, 5.41) is 9.78. The Balaban J connectivity index is 2.27. The lowest BCUT2D eigenvalue weighted by atomic mass is 10.3. The Morgan fingerprint density at radius 1 is 1.47 bits per heavy atom. The van der Waals surface area contributed by atoms with E-state index in [4.69, 9.17) is 10.2 Å². The number of aromatic nitrogens is 2. The maximum absolute atomic E-state index is 5.87. The molecule has 0 aromatic carbocycles. The summed E-state index contributed by atoms with van der Waals surface area (Å²) in [5.74, 6) is 1.64. The van der Waals surface area contributed by atoms with Crippen molar-refractivity contribution in [2.45, 2.75) is 26.3 Å². The van der Waals surface area contributed by atoms with Crippen molar-refractivity contribution in [1.29, 1.82) is 0 Å². The fourth-order valence-corrected chi connectivity index (χ4v) is 2.10. The maximum Gasteiger partial charge on any atom is 0.183 e. The molecule has 2 aromatic heterocycles. The van der Waals surface area contributed by atoms with Gasteiger partial charge in [0, 0.05) is 0 Å². The molecule has 0 radical (unpaired) electrons. The van der Waals surface area contributed by atoms with Gasteiger partial charge in [0.2, 0.25) is 0 Å². The Kier molecular flexibility index (Phi) is 2.83. The molecule has 0 aliphatic carbocycles. The highest BCUT2D eigenvalue weighted by atomic mass is 32.1. The van der Waals surface area contributed by atoms with Gasteiger partial charge in [0.05, 0.1) is 6.04 Å². The van der Waals surface area contributed by atoms with Crippen LogP contribution in [0.2, 0.25) is 0 Å². The molecule has 0 spiro atoms. The lowest BCUT2D eigenvalue weighted by Crippen LogP contribution is -2.07. The molecule has 2 rings (SSSR count). The number of rotatable bonds is 3. The number of hydrogen-bond acceptors (Lipinski definition) is 5. The van der Waals surface area contributed by atoms with Crippen LogP contribution in [0.5, 0.6) is 0 Å². The average molecular weight is 223 g/mol. The van der Waals surface area contributed by atoms with E-state index in [9.17, 15) is 0 Å². The molecular weight excluding hydrogens is 210 g/mol. The van der Waals surface area contributed by atoms with Crippen molar-refractivity contribution >= 4 is 11.3 Å². The molecule has 2 N–H and O–H groups in total. The van der Waals surface area contributed by atoms with Crippen molar-refractivity contribution in [2.75, 3.05) is 0 Å². The molecule has 0 bridgehead atoms. The topological polar surface area (TPSA) is 64.9 Å². The Labute approximate surface area is 92.1 Å². The van der Waals surface area contributed by atoms with Crippen LogP contribution in [0, 0.1) is 6.92 Å². The average Bonchev–Trinajstić information content (AvgIpc) is 2.84. The van der Waals surface area contributed by atoms with E-state index in [1.54, 1.807) is 0 Å². The fourth-order valence-electron chi connectivity index (χ4n) is 1.21. The summed E-state index contributed by atoms with van der Waals surface area (Å²) in [6.45, 7) is 3.94. The highest BCUT2D eigenvalue weighted by Gasteiger charge is 2.13. The van der Waals surface area contributed by atoms with Crippen LogP contribution in [0.4, 0.5) is 0 Å². The van der Waals surface area contributed by atoms with Gasteiger partial charge in [0.1, 0.15) is 10.8 Å². The molecular formula is C10H13N3OS. The fraction of sp³-hybridized carbons (Fsp3) is 0.400. The molecule has 0 saturated carbocycles. The van der Waals surface area contributed by atoms with E-state index >= 15 is 0 Å². The van der Waals surface area contributed by atoms with Crippen LogP contribution in [-0.4, -0.2) is 10.2 Å². The van der Waals surface area contributed by atoms with Crippen molar-refractivity contribution in [3.05, 3.63) is 22.9 Å². The van der Waals surface area contributed by atoms with Crippen LogP contribution in [0.1, 0.15) is 30.2 Å². The first-order valence-corrected chi connectivity index (χ1v) is 5.68. The third kappa shape index (κ3) is 2.08. The van der Waals surface area contributed by atoms with E-state index in [2.05, 4.69) is 10.2 Å². The first-order chi connectivity index (χ1) is 7.20. The minimum Gasteiger partial charge on any atom is -0.459 e. The van der Waals surface area contributed by atoms with Gasteiger partial charge in [-0.3, -0.25) is 0 Å². The molecule has 0 amide bonds. The summed E-state index contributed by atoms with van der Waals surface area (Å²) in [6, 6.07) is 3.79. The largest absolute Gasteiger partial charge is 0.459 e. The highest BCUT2D eigenvalue weighted by molar-refractivity contribution is 7.14. The van der Waals surface area contributed by atoms with Gasteiger partial charge in [0.25, 0.3) is 0 Å². The van der Waals surface area contributed by atoms with Crippen LogP contribution in [0.25, 0.3) is 10.8 Å². The second-order valence-electron chi connectivity index (χ2n) is 3.37. The van der Waals surface area contributed by atoms with E-state index in [0.717, 1.165) is 28.0 Å². The zero-order valence-electron chi connectivity index (χ0n) is 8.73. The molecule has 4 nitrogen and oxygen atoms in total. The predicted molar refractivity (Wildman–Crippen MR) is 59.6 cm³/mol. The summed E-state index contributed by atoms with van der Waals surface area (Å²) in [6.07, 6.45) is 0.867. The monoisotopic (exact) mass is 223 g/mol. The summed E-state index contributed by atoms with van der Waals surface area (Å²) >= 11 is 1.49. The van der Waals surface area contributed by atoms with Gasteiger partial charge in [-0.25, -0.2) is 0 Å². The van der Waals surface area contributed by atoms with Gasteiger partial charge < -0.3 is 10.2 Å². The summed E-state index contributed by atoms with van der Waals surface area (Å²) in [5.41, 5.74) is 5.87. The van der Waals surface area contributed by atoms with Crippen molar-refractivity contribution in [3.8, 4) is 10.8 Å². The van der Waals surface area contributed by atoms with Crippen molar-refractivity contribution in [3.63, 3.8) is 0 Å². The maximum atomic E-state index is 5.87. The summed E-state index contributed by atoms with van der Waals surface area (Å²) in [7, 11) is 0. The third-order valence-electron chi connectivity index (χ3n) is 2.15. The first-order valence-electron chi connectivity index (χ1n) is 4.86. The van der Waals surface area contributed by atoms with E-state index in [-0.39, 0.29) is 6.04 Å². The Morgan fingerprint density at radius 3 is 2.87 bits per heavy atom. The zero-order chi connectivity index (χ0) is 10.8. The summed E-state index contributed by atoms with van der Waals surface area (Å²) in [4.78, 5) is 0. The van der Waals surface area contributed by atoms with Crippen LogP contribution in [-0.2, 0) is 0 Å². The van der Waals surface area contributed by atoms with Crippen molar-refractivity contribution < 1.29 is 4.42 Å². The van der Waals surface area contributed by atoms with E-state index in [1.807, 2.05) is 26.0 Å². The second-order valence-corrected chi connectivity index (χ2v) is 4.38. The van der Waals surface area contributed by atoms with Gasteiger partial charge in [-0.05, 0) is 25.5 Å². The minimum atomic E-state index is -0.0210. The molecule has 15 heavy (non-hydrogen) atoms. The van der Waals surface area contributed by atoms with Crippen LogP contribution in [0.15, 0.2) is 16.5 Å². The standard InChI is InChI=1S/C10H13N3OS/c1-3-7(11)9-12-13-10(15-9)8-5-4-6(2)14-8/h4-5,7H,3,11H2,1-2H3. The molecule has 0 saturated heterocycles. The molecule has 80 valence electrons. The van der Waals surface area contributed by atoms with Gasteiger partial charge >= 0.3 is 0 Å². The first kappa shape index (κ1) is 10.3. The lowest BCUT2D eigenvalue weighted by Gasteiger charge is -2.00. The Bertz CT molecular complexity index is 449. The van der Waals surface area contributed by atoms with Crippen LogP contribution < -0.4 is 5.73 Å². The van der Waals surface area contributed by atoms with Gasteiger partial charge in [0.15, 0.2) is 10.8 Å². The molecule has 0 aliphatic heterocycles. The van der Waals surface area contributed by atoms with Crippen LogP contribution >= 0.6 is 11.3 Å². The number of aryl methyl sites for hydroxylation is 1. The number of nitrogens with zero attached hydrogens (tertiary/aromatic N) is 2. The van der Waals surface area contributed by atoms with Crippen molar-refractivity contribution in [2.24, 2.45) is 5.73 Å². The predicted octanol–water partition coefficient (Wildman–Crippen LogP) is 2.52. The number of hydrogen-bond donors (Lipinski definition) is 1. The minimum absolute atomic E-state index is 0.0210. The molecule has 5 heteroatoms. The normalized spacial score (nSPS) is 13.0. The number of nitrogens with two attached hydrogens (primary N) is 1. The van der Waals surface area contributed by atoms with Gasteiger partial charge in [-0.1, -0.05) is 18.3 Å².